The van der Waals surface area contributed by atoms with E-state index in [0.717, 1.165) is 5.56 Å². The zero-order chi connectivity index (χ0) is 23.4. The minimum absolute atomic E-state index is 0.0824. The second kappa shape index (κ2) is 9.79. The number of hydrogen-bond donors (Lipinski definition) is 0. The zero-order valence-corrected chi connectivity index (χ0v) is 18.8. The highest BCUT2D eigenvalue weighted by molar-refractivity contribution is 6.30. The van der Waals surface area contributed by atoms with Gasteiger partial charge in [-0.05, 0) is 67.9 Å². The van der Waals surface area contributed by atoms with Gasteiger partial charge in [0.25, 0.3) is 0 Å². The third kappa shape index (κ3) is 5.18. The molecule has 1 heterocycles. The zero-order valence-electron chi connectivity index (χ0n) is 18.1. The van der Waals surface area contributed by atoms with Gasteiger partial charge in [-0.25, -0.2) is 4.79 Å². The van der Waals surface area contributed by atoms with E-state index in [2.05, 4.69) is 0 Å². The van der Waals surface area contributed by atoms with Crippen LogP contribution >= 0.6 is 11.6 Å². The highest BCUT2D eigenvalue weighted by atomic mass is 35.5. The molecule has 168 valence electrons. The van der Waals surface area contributed by atoms with E-state index in [4.69, 9.17) is 30.2 Å². The van der Waals surface area contributed by atoms with E-state index in [9.17, 15) is 9.59 Å². The summed E-state index contributed by atoms with van der Waals surface area (Å²) in [6.07, 6.45) is 0. The molecule has 0 amide bonds. The van der Waals surface area contributed by atoms with Gasteiger partial charge in [0.05, 0.1) is 17.6 Å². The Kier molecular flexibility index (Phi) is 6.66. The number of rotatable bonds is 7. The molecule has 0 fully saturated rings. The van der Waals surface area contributed by atoms with Crippen molar-refractivity contribution in [1.29, 1.82) is 0 Å². The first kappa shape index (κ1) is 22.4. The number of aryl methyl sites for hydroxylation is 1. The van der Waals surface area contributed by atoms with Crippen molar-refractivity contribution in [2.24, 2.45) is 0 Å². The van der Waals surface area contributed by atoms with E-state index in [1.165, 1.54) is 0 Å². The molecule has 1 aromatic heterocycles. The van der Waals surface area contributed by atoms with Crippen molar-refractivity contribution < 1.29 is 23.4 Å². The van der Waals surface area contributed by atoms with Crippen LogP contribution in [0.2, 0.25) is 5.02 Å². The number of esters is 1. The largest absolute Gasteiger partial charge is 0.489 e. The van der Waals surface area contributed by atoms with Crippen LogP contribution in [0.15, 0.2) is 75.9 Å². The number of halogens is 1. The molecule has 0 N–H and O–H groups in total. The molecule has 0 aliphatic carbocycles. The minimum Gasteiger partial charge on any atom is -0.489 e. The minimum atomic E-state index is -0.418. The van der Waals surface area contributed by atoms with Crippen LogP contribution in [-0.4, -0.2) is 12.6 Å². The molecular formula is C26H21ClO6. The van der Waals surface area contributed by atoms with Crippen LogP contribution in [0, 0.1) is 6.92 Å². The summed E-state index contributed by atoms with van der Waals surface area (Å²) < 4.78 is 22.4. The lowest BCUT2D eigenvalue weighted by molar-refractivity contribution is 0.0526. The maximum Gasteiger partial charge on any atom is 0.338 e. The van der Waals surface area contributed by atoms with Gasteiger partial charge in [0.1, 0.15) is 29.4 Å². The summed E-state index contributed by atoms with van der Waals surface area (Å²) in [5, 5.41) is 1.01. The second-order valence-electron chi connectivity index (χ2n) is 7.24. The standard InChI is InChI=1S/C26H21ClO6/c1-3-30-26(29)18-7-9-20(10-8-18)33-25-16(2)32-23-14-21(11-12-22(23)24(25)28)31-15-17-5-4-6-19(27)13-17/h4-14H,3,15H2,1-2H3. The summed E-state index contributed by atoms with van der Waals surface area (Å²) in [7, 11) is 0. The van der Waals surface area contributed by atoms with Crippen molar-refractivity contribution in [2.45, 2.75) is 20.5 Å². The lowest BCUT2D eigenvalue weighted by atomic mass is 10.2. The van der Waals surface area contributed by atoms with Gasteiger partial charge in [-0.1, -0.05) is 23.7 Å². The molecule has 0 spiro atoms. The van der Waals surface area contributed by atoms with Gasteiger partial charge in [-0.2, -0.15) is 0 Å². The van der Waals surface area contributed by atoms with Crippen LogP contribution in [0.3, 0.4) is 0 Å². The lowest BCUT2D eigenvalue weighted by Crippen LogP contribution is -2.08. The number of carbonyl (C=O) groups is 1. The van der Waals surface area contributed by atoms with Crippen LogP contribution in [0.4, 0.5) is 0 Å². The first-order chi connectivity index (χ1) is 15.9. The molecule has 0 atom stereocenters. The molecule has 4 aromatic rings. The number of carbonyl (C=O) groups excluding carboxylic acids is 1. The number of fused-ring (bicyclic) bond motifs is 1. The smallest absolute Gasteiger partial charge is 0.338 e. The third-order valence-corrected chi connectivity index (χ3v) is 5.10. The molecule has 0 aliphatic rings. The Balaban J connectivity index is 1.55. The number of benzene rings is 3. The maximum absolute atomic E-state index is 13.0. The van der Waals surface area contributed by atoms with Gasteiger partial charge in [0, 0.05) is 11.1 Å². The van der Waals surface area contributed by atoms with Crippen molar-refractivity contribution in [2.75, 3.05) is 6.61 Å². The Morgan fingerprint density at radius 3 is 2.48 bits per heavy atom. The molecule has 0 unspecified atom stereocenters. The molecule has 4 rings (SSSR count). The van der Waals surface area contributed by atoms with Crippen molar-refractivity contribution in [1.82, 2.24) is 0 Å². The fourth-order valence-electron chi connectivity index (χ4n) is 3.26. The summed E-state index contributed by atoms with van der Waals surface area (Å²) >= 11 is 6.01. The van der Waals surface area contributed by atoms with Gasteiger partial charge in [0.15, 0.2) is 0 Å². The fourth-order valence-corrected chi connectivity index (χ4v) is 3.47. The first-order valence-corrected chi connectivity index (χ1v) is 10.7. The van der Waals surface area contributed by atoms with E-state index in [-0.39, 0.29) is 11.2 Å². The topological polar surface area (TPSA) is 75.0 Å². The van der Waals surface area contributed by atoms with Crippen molar-refractivity contribution >= 4 is 28.5 Å². The maximum atomic E-state index is 13.0. The Bertz CT molecular complexity index is 1360. The SMILES string of the molecule is CCOC(=O)c1ccc(Oc2c(C)oc3cc(OCc4cccc(Cl)c4)ccc3c2=O)cc1. The van der Waals surface area contributed by atoms with Gasteiger partial charge >= 0.3 is 5.97 Å². The quantitative estimate of drug-likeness (QED) is 0.299. The molecular weight excluding hydrogens is 444 g/mol. The van der Waals surface area contributed by atoms with Gasteiger partial charge in [-0.3, -0.25) is 4.79 Å². The molecule has 0 saturated carbocycles. The first-order valence-electron chi connectivity index (χ1n) is 10.3. The Morgan fingerprint density at radius 1 is 1.00 bits per heavy atom. The molecule has 3 aromatic carbocycles. The van der Waals surface area contributed by atoms with Gasteiger partial charge in [-0.15, -0.1) is 0 Å². The molecule has 33 heavy (non-hydrogen) atoms. The van der Waals surface area contributed by atoms with Crippen LogP contribution in [0.1, 0.15) is 28.6 Å². The average Bonchev–Trinajstić information content (AvgIpc) is 2.81. The lowest BCUT2D eigenvalue weighted by Gasteiger charge is -2.11. The molecule has 0 radical (unpaired) electrons. The summed E-state index contributed by atoms with van der Waals surface area (Å²) in [5.74, 6) is 0.958. The molecule has 0 aliphatic heterocycles. The molecule has 6 nitrogen and oxygen atoms in total. The Morgan fingerprint density at radius 2 is 1.76 bits per heavy atom. The highest BCUT2D eigenvalue weighted by Gasteiger charge is 2.15. The molecule has 0 bridgehead atoms. The Labute approximate surface area is 195 Å². The van der Waals surface area contributed by atoms with E-state index in [1.54, 1.807) is 62.4 Å². The molecule has 7 heteroatoms. The Hall–Kier alpha value is -3.77. The van der Waals surface area contributed by atoms with E-state index < -0.39 is 5.97 Å². The number of hydrogen-bond acceptors (Lipinski definition) is 6. The molecule has 0 saturated heterocycles. The van der Waals surface area contributed by atoms with Crippen LogP contribution < -0.4 is 14.9 Å². The monoisotopic (exact) mass is 464 g/mol. The summed E-state index contributed by atoms with van der Waals surface area (Å²) in [5.41, 5.74) is 1.42. The fraction of sp³-hybridized carbons (Fsp3) is 0.154. The predicted octanol–water partition coefficient (Wildman–Crippen LogP) is 6.30. The van der Waals surface area contributed by atoms with Crippen LogP contribution in [0.25, 0.3) is 11.0 Å². The number of ether oxygens (including phenoxy) is 3. The summed E-state index contributed by atoms with van der Waals surface area (Å²) in [6.45, 7) is 4.02. The summed E-state index contributed by atoms with van der Waals surface area (Å²) in [4.78, 5) is 24.8. The van der Waals surface area contributed by atoms with E-state index >= 15 is 0 Å². The van der Waals surface area contributed by atoms with E-state index in [1.807, 2.05) is 18.2 Å². The van der Waals surface area contributed by atoms with Gasteiger partial charge in [0.2, 0.25) is 11.2 Å². The van der Waals surface area contributed by atoms with Crippen LogP contribution in [-0.2, 0) is 11.3 Å². The third-order valence-electron chi connectivity index (χ3n) is 4.87. The van der Waals surface area contributed by atoms with Crippen molar-refractivity contribution in [3.63, 3.8) is 0 Å². The van der Waals surface area contributed by atoms with Crippen molar-refractivity contribution in [3.8, 4) is 17.2 Å². The predicted molar refractivity (Wildman–Crippen MR) is 125 cm³/mol. The average molecular weight is 465 g/mol. The van der Waals surface area contributed by atoms with E-state index in [0.29, 0.717) is 52.0 Å². The van der Waals surface area contributed by atoms with Crippen LogP contribution in [0.5, 0.6) is 17.2 Å². The van der Waals surface area contributed by atoms with Gasteiger partial charge < -0.3 is 18.6 Å². The summed E-state index contributed by atoms with van der Waals surface area (Å²) in [6, 6.07) is 18.8. The normalized spacial score (nSPS) is 10.8. The second-order valence-corrected chi connectivity index (χ2v) is 7.68. The van der Waals surface area contributed by atoms with Crippen molar-refractivity contribution in [3.05, 3.63) is 98.9 Å². The highest BCUT2D eigenvalue weighted by Crippen LogP contribution is 2.28.